The second-order valence-corrected chi connectivity index (χ2v) is 9.85. The van der Waals surface area contributed by atoms with Gasteiger partial charge in [0.15, 0.2) is 0 Å². The van der Waals surface area contributed by atoms with Crippen LogP contribution in [0.5, 0.6) is 5.75 Å². The molecule has 0 radical (unpaired) electrons. The molecule has 8 heteroatoms. The van der Waals surface area contributed by atoms with Crippen LogP contribution in [0.2, 0.25) is 0 Å². The van der Waals surface area contributed by atoms with Crippen LogP contribution in [-0.2, 0) is 24.3 Å². The first kappa shape index (κ1) is 22.8. The highest BCUT2D eigenvalue weighted by Gasteiger charge is 2.32. The van der Waals surface area contributed by atoms with Gasteiger partial charge in [0.25, 0.3) is 0 Å². The number of nitrogens with one attached hydrogen (secondary N) is 1. The maximum atomic E-state index is 12.9. The molecule has 0 bridgehead atoms. The number of carbonyl (C=O) groups is 2. The highest BCUT2D eigenvalue weighted by Crippen LogP contribution is 2.24. The fraction of sp³-hybridized carbons (Fsp3) is 0.429. The third kappa shape index (κ3) is 6.27. The highest BCUT2D eigenvalue weighted by molar-refractivity contribution is 7.89. The molecule has 0 saturated carbocycles. The van der Waals surface area contributed by atoms with Crippen LogP contribution >= 0.6 is 0 Å². The van der Waals surface area contributed by atoms with Gasteiger partial charge in [0.05, 0.1) is 4.90 Å². The average Bonchev–Trinajstić information content (AvgIpc) is 2.56. The van der Waals surface area contributed by atoms with E-state index in [1.807, 2.05) is 0 Å². The van der Waals surface area contributed by atoms with Crippen LogP contribution in [0.15, 0.2) is 41.3 Å². The fourth-order valence-corrected chi connectivity index (χ4v) is 4.02. The normalized spacial score (nSPS) is 13.3. The van der Waals surface area contributed by atoms with Gasteiger partial charge in [-0.2, -0.15) is 4.72 Å². The molecule has 0 saturated heterocycles. The molecule has 0 heterocycles. The minimum absolute atomic E-state index is 0.0273. The number of hydrogen-bond donors (Lipinski definition) is 1. The third-order valence-corrected chi connectivity index (χ3v) is 5.40. The predicted octanol–water partition coefficient (Wildman–Crippen LogP) is 3.41. The topological polar surface area (TPSA) is 98.8 Å². The first-order valence-electron chi connectivity index (χ1n) is 9.26. The smallest absolute Gasteiger partial charge is 0.324 e. The second kappa shape index (κ2) is 8.51. The Bertz CT molecular complexity index is 1020. The minimum Gasteiger partial charge on any atom is -0.459 e. The van der Waals surface area contributed by atoms with Crippen LogP contribution in [0.3, 0.4) is 0 Å². The lowest BCUT2D eigenvalue weighted by Gasteiger charge is -2.26. The Balaban J connectivity index is 2.32. The van der Waals surface area contributed by atoms with Crippen molar-refractivity contribution in [2.75, 3.05) is 0 Å². The van der Waals surface area contributed by atoms with Gasteiger partial charge in [-0.3, -0.25) is 9.59 Å². The molecule has 0 amide bonds. The predicted molar refractivity (Wildman–Crippen MR) is 110 cm³/mol. The zero-order valence-corrected chi connectivity index (χ0v) is 18.3. The Morgan fingerprint density at radius 3 is 2.14 bits per heavy atom. The quantitative estimate of drug-likeness (QED) is 0.567. The lowest BCUT2D eigenvalue weighted by molar-refractivity contribution is -0.158. The van der Waals surface area contributed by atoms with Crippen molar-refractivity contribution in [1.29, 1.82) is 0 Å². The molecule has 0 aromatic heterocycles. The van der Waals surface area contributed by atoms with Crippen molar-refractivity contribution in [2.45, 2.75) is 58.1 Å². The fourth-order valence-electron chi connectivity index (χ4n) is 2.66. The molecule has 0 fully saturated rings. The van der Waals surface area contributed by atoms with E-state index in [0.29, 0.717) is 11.1 Å². The van der Waals surface area contributed by atoms with E-state index >= 15 is 0 Å². The van der Waals surface area contributed by atoms with E-state index in [-0.39, 0.29) is 10.8 Å². The van der Waals surface area contributed by atoms with Crippen molar-refractivity contribution < 1.29 is 27.5 Å². The number of carbonyl (C=O) groups excluding carboxylic acids is 2. The SMILES string of the molecule is CC(=O)Oc1ccc2cc(S(=O)(=O)N[C@H](C(=O)OC(C)(C)C)C(C)C)ccc2c1. The summed E-state index contributed by atoms with van der Waals surface area (Å²) in [7, 11) is -3.96. The second-order valence-electron chi connectivity index (χ2n) is 8.14. The van der Waals surface area contributed by atoms with Crippen molar-refractivity contribution in [2.24, 2.45) is 5.92 Å². The summed E-state index contributed by atoms with van der Waals surface area (Å²) in [5.74, 6) is -0.979. The van der Waals surface area contributed by atoms with Crippen molar-refractivity contribution in [3.8, 4) is 5.75 Å². The summed E-state index contributed by atoms with van der Waals surface area (Å²) < 4.78 is 38.6. The number of benzene rings is 2. The van der Waals surface area contributed by atoms with E-state index < -0.39 is 33.6 Å². The summed E-state index contributed by atoms with van der Waals surface area (Å²) in [5.41, 5.74) is -0.724. The van der Waals surface area contributed by atoms with Gasteiger partial charge in [-0.15, -0.1) is 0 Å². The standard InChI is InChI=1S/C21H27NO6S/c1-13(2)19(20(24)28-21(4,5)6)22-29(25,26)18-10-8-15-11-17(27-14(3)23)9-7-16(15)12-18/h7-13,19,22H,1-6H3/t19-/m0/s1. The van der Waals surface area contributed by atoms with Crippen LogP contribution in [-0.4, -0.2) is 32.0 Å². The molecule has 2 aromatic rings. The van der Waals surface area contributed by atoms with Gasteiger partial charge in [-0.25, -0.2) is 8.42 Å². The first-order valence-corrected chi connectivity index (χ1v) is 10.7. The van der Waals surface area contributed by atoms with Crippen LogP contribution < -0.4 is 9.46 Å². The molecule has 0 aliphatic rings. The summed E-state index contributed by atoms with van der Waals surface area (Å²) in [6.45, 7) is 9.97. The molecule has 1 atom stereocenters. The monoisotopic (exact) mass is 421 g/mol. The van der Waals surface area contributed by atoms with E-state index in [2.05, 4.69) is 4.72 Å². The van der Waals surface area contributed by atoms with Crippen molar-refractivity contribution >= 4 is 32.7 Å². The summed E-state index contributed by atoms with van der Waals surface area (Å²) in [5, 5.41) is 1.37. The molecule has 0 spiro atoms. The Kier molecular flexibility index (Phi) is 6.70. The Morgan fingerprint density at radius 2 is 1.59 bits per heavy atom. The molecule has 158 valence electrons. The number of hydrogen-bond acceptors (Lipinski definition) is 6. The molecule has 0 aliphatic carbocycles. The maximum Gasteiger partial charge on any atom is 0.324 e. The van der Waals surface area contributed by atoms with Gasteiger partial charge >= 0.3 is 11.9 Å². The van der Waals surface area contributed by atoms with Gasteiger partial charge in [0.1, 0.15) is 17.4 Å². The summed E-state index contributed by atoms with van der Waals surface area (Å²) >= 11 is 0. The number of sulfonamides is 1. The Hall–Kier alpha value is -2.45. The molecule has 29 heavy (non-hydrogen) atoms. The third-order valence-electron chi connectivity index (χ3n) is 3.96. The molecule has 2 aromatic carbocycles. The highest BCUT2D eigenvalue weighted by atomic mass is 32.2. The van der Waals surface area contributed by atoms with E-state index in [1.54, 1.807) is 58.9 Å². The summed E-state index contributed by atoms with van der Waals surface area (Å²) in [6, 6.07) is 8.45. The lowest BCUT2D eigenvalue weighted by Crippen LogP contribution is -2.47. The van der Waals surface area contributed by atoms with Gasteiger partial charge in [0.2, 0.25) is 10.0 Å². The van der Waals surface area contributed by atoms with Gasteiger partial charge < -0.3 is 9.47 Å². The number of fused-ring (bicyclic) bond motifs is 1. The lowest BCUT2D eigenvalue weighted by atomic mass is 10.1. The van der Waals surface area contributed by atoms with Crippen molar-refractivity contribution in [1.82, 2.24) is 4.72 Å². The maximum absolute atomic E-state index is 12.9. The van der Waals surface area contributed by atoms with Crippen molar-refractivity contribution in [3.63, 3.8) is 0 Å². The van der Waals surface area contributed by atoms with Crippen LogP contribution in [0.25, 0.3) is 10.8 Å². The van der Waals surface area contributed by atoms with Crippen LogP contribution in [0.1, 0.15) is 41.5 Å². The zero-order valence-electron chi connectivity index (χ0n) is 17.5. The molecule has 1 N–H and O–H groups in total. The Morgan fingerprint density at radius 1 is 1.00 bits per heavy atom. The van der Waals surface area contributed by atoms with Gasteiger partial charge in [0, 0.05) is 6.92 Å². The van der Waals surface area contributed by atoms with Gasteiger partial charge in [-0.05, 0) is 61.7 Å². The van der Waals surface area contributed by atoms with Gasteiger partial charge in [-0.1, -0.05) is 26.0 Å². The summed E-state index contributed by atoms with van der Waals surface area (Å²) in [4.78, 5) is 23.6. The molecule has 7 nitrogen and oxygen atoms in total. The van der Waals surface area contributed by atoms with E-state index in [0.717, 1.165) is 5.39 Å². The van der Waals surface area contributed by atoms with Crippen LogP contribution in [0, 0.1) is 5.92 Å². The van der Waals surface area contributed by atoms with Crippen LogP contribution in [0.4, 0.5) is 0 Å². The minimum atomic E-state index is -3.96. The van der Waals surface area contributed by atoms with E-state index in [4.69, 9.17) is 9.47 Å². The molecule has 0 unspecified atom stereocenters. The number of esters is 2. The largest absolute Gasteiger partial charge is 0.459 e. The number of rotatable bonds is 6. The number of ether oxygens (including phenoxy) is 2. The molecule has 2 rings (SSSR count). The van der Waals surface area contributed by atoms with E-state index in [1.165, 1.54) is 19.1 Å². The van der Waals surface area contributed by atoms with Crippen molar-refractivity contribution in [3.05, 3.63) is 36.4 Å². The average molecular weight is 422 g/mol. The Labute approximate surface area is 171 Å². The molecular formula is C21H27NO6S. The zero-order chi connectivity index (χ0) is 22.0. The molecule has 0 aliphatic heterocycles. The summed E-state index contributed by atoms with van der Waals surface area (Å²) in [6.07, 6.45) is 0. The first-order chi connectivity index (χ1) is 13.3. The molecular weight excluding hydrogens is 394 g/mol. The van der Waals surface area contributed by atoms with E-state index in [9.17, 15) is 18.0 Å².